The van der Waals surface area contributed by atoms with Crippen molar-refractivity contribution in [2.75, 3.05) is 0 Å². The van der Waals surface area contributed by atoms with Gasteiger partial charge >= 0.3 is 0 Å². The van der Waals surface area contributed by atoms with Crippen LogP contribution in [0.5, 0.6) is 0 Å². The van der Waals surface area contributed by atoms with Crippen LogP contribution in [0.25, 0.3) is 0 Å². The van der Waals surface area contributed by atoms with E-state index in [0.717, 1.165) is 18.0 Å². The molecule has 1 aromatic carbocycles. The van der Waals surface area contributed by atoms with Crippen LogP contribution in [0.3, 0.4) is 0 Å². The highest BCUT2D eigenvalue weighted by atomic mass is 32.2. The van der Waals surface area contributed by atoms with Crippen LogP contribution in [0.4, 0.5) is 0 Å². The molecule has 0 saturated carbocycles. The molecule has 0 spiro atoms. The summed E-state index contributed by atoms with van der Waals surface area (Å²) in [4.78, 5) is 1.52. The molecule has 0 N–H and O–H groups in total. The molecular formula is C13H15NS. The quantitative estimate of drug-likeness (QED) is 0.613. The highest BCUT2D eigenvalue weighted by Crippen LogP contribution is 2.57. The lowest BCUT2D eigenvalue weighted by Crippen LogP contribution is -2.26. The van der Waals surface area contributed by atoms with Crippen molar-refractivity contribution in [3.8, 4) is 0 Å². The van der Waals surface area contributed by atoms with Gasteiger partial charge in [-0.05, 0) is 49.8 Å². The molecule has 0 aliphatic carbocycles. The second-order valence-electron chi connectivity index (χ2n) is 5.13. The van der Waals surface area contributed by atoms with Gasteiger partial charge in [0.1, 0.15) is 0 Å². The van der Waals surface area contributed by atoms with Gasteiger partial charge in [-0.3, -0.25) is 0 Å². The van der Waals surface area contributed by atoms with E-state index in [1.807, 2.05) is 11.9 Å². The molecule has 3 aliphatic rings. The van der Waals surface area contributed by atoms with Crippen LogP contribution in [0.2, 0.25) is 0 Å². The smallest absolute Gasteiger partial charge is 0.0279 e. The van der Waals surface area contributed by atoms with E-state index in [0.29, 0.717) is 0 Å². The third-order valence-electron chi connectivity index (χ3n) is 4.24. The summed E-state index contributed by atoms with van der Waals surface area (Å²) in [7, 11) is 0. The van der Waals surface area contributed by atoms with Gasteiger partial charge in [-0.2, -0.15) is 0 Å². The molecule has 2 saturated heterocycles. The number of nitrogens with zero attached hydrogens (tertiary/aromatic N) is 1. The number of hydrogen-bond acceptors (Lipinski definition) is 2. The van der Waals surface area contributed by atoms with Crippen molar-refractivity contribution in [2.45, 2.75) is 49.1 Å². The molecule has 3 heterocycles. The van der Waals surface area contributed by atoms with Crippen LogP contribution in [-0.2, 0) is 0 Å². The van der Waals surface area contributed by atoms with Gasteiger partial charge in [0, 0.05) is 22.9 Å². The molecule has 0 amide bonds. The van der Waals surface area contributed by atoms with E-state index in [2.05, 4.69) is 29.4 Å². The summed E-state index contributed by atoms with van der Waals surface area (Å²) in [6.07, 6.45) is 4.27. The van der Waals surface area contributed by atoms with Gasteiger partial charge in [-0.25, -0.2) is 4.31 Å². The number of aryl methyl sites for hydroxylation is 1. The molecule has 4 bridgehead atoms. The maximum Gasteiger partial charge on any atom is 0.0279 e. The first-order chi connectivity index (χ1) is 7.33. The lowest BCUT2D eigenvalue weighted by atomic mass is 9.83. The molecule has 0 radical (unpaired) electrons. The van der Waals surface area contributed by atoms with Crippen LogP contribution in [-0.4, -0.2) is 16.4 Å². The van der Waals surface area contributed by atoms with Crippen LogP contribution in [0.1, 0.15) is 36.3 Å². The van der Waals surface area contributed by atoms with Crippen molar-refractivity contribution in [2.24, 2.45) is 0 Å². The van der Waals surface area contributed by atoms with E-state index in [-0.39, 0.29) is 0 Å². The van der Waals surface area contributed by atoms with Gasteiger partial charge in [0.2, 0.25) is 0 Å². The van der Waals surface area contributed by atoms with Crippen LogP contribution >= 0.6 is 11.9 Å². The van der Waals surface area contributed by atoms with E-state index in [4.69, 9.17) is 0 Å². The normalized spacial score (nSPS) is 40.6. The highest BCUT2D eigenvalue weighted by Gasteiger charge is 2.50. The minimum absolute atomic E-state index is 0.847. The Labute approximate surface area is 95.0 Å². The molecule has 2 fully saturated rings. The number of rotatable bonds is 0. The Balaban J connectivity index is 1.88. The second-order valence-corrected chi connectivity index (χ2v) is 6.18. The minimum Gasteiger partial charge on any atom is -0.240 e. The molecule has 3 aliphatic heterocycles. The molecular weight excluding hydrogens is 202 g/mol. The fourth-order valence-electron chi connectivity index (χ4n) is 3.57. The van der Waals surface area contributed by atoms with Gasteiger partial charge in [-0.1, -0.05) is 17.7 Å². The fourth-order valence-corrected chi connectivity index (χ4v) is 4.97. The highest BCUT2D eigenvalue weighted by molar-refractivity contribution is 7.97. The predicted octanol–water partition coefficient (Wildman–Crippen LogP) is 3.34. The first-order valence-corrected chi connectivity index (χ1v) is 6.67. The Kier molecular flexibility index (Phi) is 1.62. The average molecular weight is 217 g/mol. The first kappa shape index (κ1) is 8.66. The molecule has 78 valence electrons. The number of benzene rings is 1. The summed E-state index contributed by atoms with van der Waals surface area (Å²) < 4.78 is 2.68. The monoisotopic (exact) mass is 217 g/mol. The van der Waals surface area contributed by atoms with E-state index >= 15 is 0 Å². The summed E-state index contributed by atoms with van der Waals surface area (Å²) in [6.45, 7) is 2.21. The number of fused-ring (bicyclic) bond motifs is 2. The molecule has 4 rings (SSSR count). The lowest BCUT2D eigenvalue weighted by Gasteiger charge is -2.31. The zero-order valence-corrected chi connectivity index (χ0v) is 9.76. The summed E-state index contributed by atoms with van der Waals surface area (Å²) >= 11 is 2.02. The van der Waals surface area contributed by atoms with Gasteiger partial charge in [-0.15, -0.1) is 0 Å². The third-order valence-corrected chi connectivity index (χ3v) is 5.59. The standard InChI is InChI=1S/C13H15NS/c1-8-2-5-13-11(6-8)10-7-9-3-4-12(10)14(9)15-13/h2,5-6,9-10,12H,3-4,7H2,1H3. The van der Waals surface area contributed by atoms with Crippen LogP contribution < -0.4 is 0 Å². The van der Waals surface area contributed by atoms with E-state index in [1.54, 1.807) is 5.56 Å². The Morgan fingerprint density at radius 1 is 1.33 bits per heavy atom. The molecule has 15 heavy (non-hydrogen) atoms. The molecule has 0 aromatic heterocycles. The molecule has 4 unspecified atom stereocenters. The topological polar surface area (TPSA) is 3.24 Å². The molecule has 1 aromatic rings. The van der Waals surface area contributed by atoms with E-state index < -0.39 is 0 Å². The minimum atomic E-state index is 0.847. The summed E-state index contributed by atoms with van der Waals surface area (Å²) in [5, 5.41) is 0. The van der Waals surface area contributed by atoms with Crippen LogP contribution in [0, 0.1) is 6.92 Å². The van der Waals surface area contributed by atoms with Crippen molar-refractivity contribution in [3.63, 3.8) is 0 Å². The Hall–Kier alpha value is -0.470. The van der Waals surface area contributed by atoms with Crippen molar-refractivity contribution in [1.29, 1.82) is 0 Å². The Morgan fingerprint density at radius 3 is 3.20 bits per heavy atom. The Morgan fingerprint density at radius 2 is 2.27 bits per heavy atom. The molecule has 2 heteroatoms. The van der Waals surface area contributed by atoms with Crippen molar-refractivity contribution < 1.29 is 0 Å². The second kappa shape index (κ2) is 2.80. The maximum atomic E-state index is 2.68. The number of hydrogen-bond donors (Lipinski definition) is 0. The fraction of sp³-hybridized carbons (Fsp3) is 0.538. The maximum absolute atomic E-state index is 2.68. The van der Waals surface area contributed by atoms with Gasteiger partial charge in [0.25, 0.3) is 0 Å². The van der Waals surface area contributed by atoms with Crippen molar-refractivity contribution in [1.82, 2.24) is 4.31 Å². The Bertz CT molecular complexity index is 429. The SMILES string of the molecule is Cc1ccc2c(c1)C1CC3CCC1N3S2. The largest absolute Gasteiger partial charge is 0.240 e. The summed E-state index contributed by atoms with van der Waals surface area (Å²) in [5.74, 6) is 0.847. The van der Waals surface area contributed by atoms with Crippen molar-refractivity contribution in [3.05, 3.63) is 29.3 Å². The van der Waals surface area contributed by atoms with E-state index in [1.165, 1.54) is 29.7 Å². The first-order valence-electron chi connectivity index (χ1n) is 5.90. The van der Waals surface area contributed by atoms with E-state index in [9.17, 15) is 0 Å². The summed E-state index contributed by atoms with van der Waals surface area (Å²) in [6, 6.07) is 8.72. The van der Waals surface area contributed by atoms with Gasteiger partial charge in [0.15, 0.2) is 0 Å². The van der Waals surface area contributed by atoms with Crippen molar-refractivity contribution >= 4 is 11.9 Å². The summed E-state index contributed by atoms with van der Waals surface area (Å²) in [5.41, 5.74) is 3.06. The van der Waals surface area contributed by atoms with Crippen LogP contribution in [0.15, 0.2) is 23.1 Å². The molecule has 1 nitrogen and oxygen atoms in total. The zero-order chi connectivity index (χ0) is 9.99. The van der Waals surface area contributed by atoms with Gasteiger partial charge in [0.05, 0.1) is 0 Å². The predicted molar refractivity (Wildman–Crippen MR) is 63.0 cm³/mol. The zero-order valence-electron chi connectivity index (χ0n) is 8.94. The van der Waals surface area contributed by atoms with Gasteiger partial charge < -0.3 is 0 Å². The lowest BCUT2D eigenvalue weighted by molar-refractivity contribution is 0.428. The third kappa shape index (κ3) is 1.04. The molecule has 4 atom stereocenters. The average Bonchev–Trinajstić information content (AvgIpc) is 2.75.